The average Bonchev–Trinajstić information content (AvgIpc) is 3.47. The molecule has 9 nitrogen and oxygen atoms in total. The van der Waals surface area contributed by atoms with E-state index < -0.39 is 6.04 Å². The molecule has 0 radical (unpaired) electrons. The van der Waals surface area contributed by atoms with Crippen LogP contribution in [0.3, 0.4) is 0 Å². The van der Waals surface area contributed by atoms with Crippen molar-refractivity contribution < 1.29 is 4.79 Å². The molecule has 3 aromatic carbocycles. The molecule has 11 heteroatoms. The molecule has 0 aliphatic rings. The second-order valence-corrected chi connectivity index (χ2v) is 9.38. The molecule has 0 unspecified atom stereocenters. The van der Waals surface area contributed by atoms with Gasteiger partial charge in [-0.1, -0.05) is 59.6 Å². The zero-order valence-corrected chi connectivity index (χ0v) is 21.1. The molecule has 0 aliphatic carbocycles. The molecule has 0 saturated carbocycles. The fourth-order valence-electron chi connectivity index (χ4n) is 4.09. The summed E-state index contributed by atoms with van der Waals surface area (Å²) in [4.78, 5) is 20.8. The molecule has 0 spiro atoms. The highest BCUT2D eigenvalue weighted by Crippen LogP contribution is 2.31. The average molecular weight is 535 g/mol. The molecule has 1 atom stereocenters. The number of amides is 2. The van der Waals surface area contributed by atoms with Crippen molar-refractivity contribution in [3.05, 3.63) is 93.9 Å². The van der Waals surface area contributed by atoms with Gasteiger partial charge in [0.25, 0.3) is 0 Å². The summed E-state index contributed by atoms with van der Waals surface area (Å²) >= 11 is 12.6. The van der Waals surface area contributed by atoms with Gasteiger partial charge < -0.3 is 27.1 Å². The molecule has 2 amide bonds. The lowest BCUT2D eigenvalue weighted by Gasteiger charge is -2.18. The molecule has 2 heterocycles. The van der Waals surface area contributed by atoms with Gasteiger partial charge in [0.15, 0.2) is 5.82 Å². The van der Waals surface area contributed by atoms with Crippen LogP contribution in [0.15, 0.2) is 66.7 Å². The van der Waals surface area contributed by atoms with Gasteiger partial charge in [-0.25, -0.2) is 9.78 Å². The van der Waals surface area contributed by atoms with Crippen molar-refractivity contribution in [2.24, 2.45) is 0 Å². The van der Waals surface area contributed by atoms with Gasteiger partial charge in [0.2, 0.25) is 0 Å². The Morgan fingerprint density at radius 2 is 1.84 bits per heavy atom. The Kier molecular flexibility index (Phi) is 6.89. The number of anilines is 2. The van der Waals surface area contributed by atoms with Gasteiger partial charge in [-0.2, -0.15) is 5.10 Å². The summed E-state index contributed by atoms with van der Waals surface area (Å²) < 4.78 is 0. The first-order valence-corrected chi connectivity index (χ1v) is 12.2. The lowest BCUT2D eigenvalue weighted by molar-refractivity contribution is 0.236. The second-order valence-electron chi connectivity index (χ2n) is 8.57. The van der Waals surface area contributed by atoms with E-state index in [4.69, 9.17) is 39.7 Å². The van der Waals surface area contributed by atoms with Crippen LogP contribution in [0, 0.1) is 0 Å². The van der Waals surface area contributed by atoms with E-state index in [-0.39, 0.29) is 12.6 Å². The maximum absolute atomic E-state index is 12.9. The number of benzene rings is 3. The van der Waals surface area contributed by atoms with Crippen LogP contribution in [0.25, 0.3) is 22.2 Å². The number of hydrogen-bond donors (Lipinski definition) is 6. The molecule has 8 N–H and O–H groups in total. The Morgan fingerprint density at radius 3 is 2.65 bits per heavy atom. The van der Waals surface area contributed by atoms with E-state index in [1.165, 1.54) is 0 Å². The molecule has 37 heavy (non-hydrogen) atoms. The molecule has 0 aliphatic heterocycles. The quantitative estimate of drug-likeness (QED) is 0.158. The van der Waals surface area contributed by atoms with Crippen molar-refractivity contribution in [1.82, 2.24) is 30.8 Å². The summed E-state index contributed by atoms with van der Waals surface area (Å²) in [6.45, 7) is 0.216. The number of halogens is 2. The number of nitrogen functional groups attached to an aromatic ring is 2. The molecule has 0 saturated heterocycles. The first kappa shape index (κ1) is 24.5. The van der Waals surface area contributed by atoms with Gasteiger partial charge in [0.05, 0.1) is 11.6 Å². The van der Waals surface area contributed by atoms with Crippen LogP contribution in [0.2, 0.25) is 10.2 Å². The fraction of sp³-hybridized carbons (Fsp3) is 0.115. The molecule has 5 rings (SSSR count). The number of nitrogens with zero attached hydrogens (tertiary/aromatic N) is 2. The molecular formula is C26H24Cl2N8O. The molecule has 2 aromatic heterocycles. The van der Waals surface area contributed by atoms with E-state index in [1.54, 1.807) is 18.2 Å². The topological polar surface area (TPSA) is 151 Å². The maximum Gasteiger partial charge on any atom is 0.315 e. The largest absolute Gasteiger partial charge is 0.398 e. The summed E-state index contributed by atoms with van der Waals surface area (Å²) in [7, 11) is 0. The summed E-state index contributed by atoms with van der Waals surface area (Å²) in [5.41, 5.74) is 16.3. The number of urea groups is 1. The lowest BCUT2D eigenvalue weighted by Crippen LogP contribution is -2.39. The smallest absolute Gasteiger partial charge is 0.315 e. The predicted octanol–water partition coefficient (Wildman–Crippen LogP) is 5.21. The van der Waals surface area contributed by atoms with Crippen molar-refractivity contribution in [2.75, 3.05) is 11.5 Å². The number of nitrogens with one attached hydrogen (secondary N) is 4. The van der Waals surface area contributed by atoms with E-state index in [0.29, 0.717) is 39.6 Å². The normalized spacial score (nSPS) is 11.9. The summed E-state index contributed by atoms with van der Waals surface area (Å²) in [5.74, 6) is 0.943. The fourth-order valence-corrected chi connectivity index (χ4v) is 4.53. The van der Waals surface area contributed by atoms with E-state index in [1.807, 2.05) is 48.5 Å². The number of aromatic amines is 2. The minimum Gasteiger partial charge on any atom is -0.398 e. The highest BCUT2D eigenvalue weighted by Gasteiger charge is 2.22. The van der Waals surface area contributed by atoms with Crippen LogP contribution in [-0.2, 0) is 13.0 Å². The monoisotopic (exact) mass is 534 g/mol. The van der Waals surface area contributed by atoms with E-state index in [0.717, 1.165) is 27.6 Å². The van der Waals surface area contributed by atoms with E-state index in [9.17, 15) is 4.79 Å². The van der Waals surface area contributed by atoms with Crippen molar-refractivity contribution >= 4 is 51.6 Å². The minimum atomic E-state index is -0.489. The van der Waals surface area contributed by atoms with Gasteiger partial charge in [0, 0.05) is 28.2 Å². The number of imidazole rings is 1. The summed E-state index contributed by atoms with van der Waals surface area (Å²) in [6, 6.07) is 19.7. The molecule has 5 aromatic rings. The Balaban J connectivity index is 1.39. The maximum atomic E-state index is 12.9. The standard InChI is InChI=1S/C26H24Cl2N8O/c27-17-7-9-19(29)16(11-17)13-31-26(37)32-21(10-14-4-2-1-3-5-14)25-33-22(23(28)34-25)15-6-8-18-20(12-15)35-36-24(18)30/h1-9,11-12,21H,10,13,29H2,(H,33,34)(H3,30,35,36)(H2,31,32,37)/t21-/m0/s1. The molecule has 0 fully saturated rings. The van der Waals surface area contributed by atoms with Crippen LogP contribution in [0.5, 0.6) is 0 Å². The number of rotatable bonds is 7. The molecule has 188 valence electrons. The Bertz CT molecular complexity index is 1560. The van der Waals surface area contributed by atoms with Crippen LogP contribution in [-0.4, -0.2) is 26.2 Å². The summed E-state index contributed by atoms with van der Waals surface area (Å²) in [6.07, 6.45) is 0.493. The third-order valence-corrected chi connectivity index (χ3v) is 6.51. The van der Waals surface area contributed by atoms with Gasteiger partial charge in [0.1, 0.15) is 16.7 Å². The number of aromatic nitrogens is 4. The SMILES string of the molecule is Nc1ccc(Cl)cc1CNC(=O)N[C@@H](Cc1ccccc1)c1nc(-c2ccc3c(N)n[nH]c3c2)c(Cl)[nH]1. The zero-order valence-electron chi connectivity index (χ0n) is 19.6. The number of H-pyrrole nitrogens is 2. The van der Waals surface area contributed by atoms with E-state index >= 15 is 0 Å². The Morgan fingerprint density at radius 1 is 1.03 bits per heavy atom. The van der Waals surface area contributed by atoms with Crippen molar-refractivity contribution in [1.29, 1.82) is 0 Å². The number of carbonyl (C=O) groups excluding carboxylic acids is 1. The van der Waals surface area contributed by atoms with Crippen LogP contribution in [0.4, 0.5) is 16.3 Å². The number of hydrogen-bond acceptors (Lipinski definition) is 5. The van der Waals surface area contributed by atoms with Crippen molar-refractivity contribution in [2.45, 2.75) is 19.0 Å². The van der Waals surface area contributed by atoms with Gasteiger partial charge in [-0.05, 0) is 47.9 Å². The number of fused-ring (bicyclic) bond motifs is 1. The number of nitrogens with two attached hydrogens (primary N) is 2. The van der Waals surface area contributed by atoms with Crippen molar-refractivity contribution in [3.63, 3.8) is 0 Å². The molecular weight excluding hydrogens is 511 g/mol. The highest BCUT2D eigenvalue weighted by atomic mass is 35.5. The second kappa shape index (κ2) is 10.4. The van der Waals surface area contributed by atoms with Crippen molar-refractivity contribution in [3.8, 4) is 11.3 Å². The summed E-state index contributed by atoms with van der Waals surface area (Å²) in [5, 5.41) is 14.5. The van der Waals surface area contributed by atoms with Gasteiger partial charge in [-0.15, -0.1) is 0 Å². The first-order chi connectivity index (χ1) is 17.9. The molecule has 0 bridgehead atoms. The third kappa shape index (κ3) is 5.47. The van der Waals surface area contributed by atoms with Gasteiger partial charge >= 0.3 is 6.03 Å². The first-order valence-electron chi connectivity index (χ1n) is 11.5. The lowest BCUT2D eigenvalue weighted by atomic mass is 10.1. The van der Waals surface area contributed by atoms with E-state index in [2.05, 4.69) is 25.8 Å². The van der Waals surface area contributed by atoms with Crippen LogP contribution in [0.1, 0.15) is 23.0 Å². The van der Waals surface area contributed by atoms with Gasteiger partial charge in [-0.3, -0.25) is 5.10 Å². The van der Waals surface area contributed by atoms with Crippen LogP contribution >= 0.6 is 23.2 Å². The predicted molar refractivity (Wildman–Crippen MR) is 147 cm³/mol. The number of carbonyl (C=O) groups is 1. The Labute approximate surface area is 222 Å². The third-order valence-electron chi connectivity index (χ3n) is 6.01. The van der Waals surface area contributed by atoms with Crippen LogP contribution < -0.4 is 22.1 Å². The minimum absolute atomic E-state index is 0.216. The zero-order chi connectivity index (χ0) is 25.9. The Hall–Kier alpha value is -4.21. The highest BCUT2D eigenvalue weighted by molar-refractivity contribution is 6.32.